The van der Waals surface area contributed by atoms with E-state index in [-0.39, 0.29) is 18.5 Å². The highest BCUT2D eigenvalue weighted by Gasteiger charge is 2.25. The van der Waals surface area contributed by atoms with Crippen molar-refractivity contribution in [1.29, 1.82) is 0 Å². The van der Waals surface area contributed by atoms with Gasteiger partial charge in [-0.15, -0.1) is 5.10 Å². The van der Waals surface area contributed by atoms with Crippen LogP contribution in [-0.2, 0) is 11.3 Å². The number of anilines is 1. The van der Waals surface area contributed by atoms with Crippen molar-refractivity contribution in [3.05, 3.63) is 36.2 Å². The first-order chi connectivity index (χ1) is 10.6. The molecule has 1 atom stereocenters. The van der Waals surface area contributed by atoms with E-state index in [1.807, 2.05) is 0 Å². The number of tetrazole rings is 1. The van der Waals surface area contributed by atoms with E-state index >= 15 is 0 Å². The zero-order chi connectivity index (χ0) is 15.5. The van der Waals surface area contributed by atoms with Crippen LogP contribution in [0.25, 0.3) is 0 Å². The monoisotopic (exact) mass is 308 g/mol. The fourth-order valence-corrected chi connectivity index (χ4v) is 2.51. The molecule has 1 aliphatic heterocycles. The zero-order valence-corrected chi connectivity index (χ0v) is 11.6. The van der Waals surface area contributed by atoms with Crippen LogP contribution in [0.15, 0.2) is 24.5 Å². The maximum atomic E-state index is 13.7. The van der Waals surface area contributed by atoms with Crippen molar-refractivity contribution in [3.63, 3.8) is 0 Å². The Morgan fingerprint density at radius 1 is 1.41 bits per heavy atom. The Morgan fingerprint density at radius 3 is 3.00 bits per heavy atom. The van der Waals surface area contributed by atoms with Crippen LogP contribution in [0.2, 0.25) is 0 Å². The first-order valence-electron chi connectivity index (χ1n) is 6.82. The highest BCUT2D eigenvalue weighted by molar-refractivity contribution is 5.76. The van der Waals surface area contributed by atoms with E-state index in [4.69, 9.17) is 0 Å². The molecule has 0 radical (unpaired) electrons. The minimum absolute atomic E-state index is 0.0361. The summed E-state index contributed by atoms with van der Waals surface area (Å²) in [5.41, 5.74) is 0.346. The van der Waals surface area contributed by atoms with Crippen LogP contribution in [-0.4, -0.2) is 45.2 Å². The summed E-state index contributed by atoms with van der Waals surface area (Å²) in [7, 11) is 0. The van der Waals surface area contributed by atoms with Crippen molar-refractivity contribution in [3.8, 4) is 0 Å². The molecule has 0 unspecified atom stereocenters. The Hall–Kier alpha value is -2.58. The number of carbonyl (C=O) groups excluding carboxylic acids is 1. The van der Waals surface area contributed by atoms with Crippen molar-refractivity contribution in [2.45, 2.75) is 19.0 Å². The number of amides is 1. The number of benzene rings is 1. The number of hydrogen-bond acceptors (Lipinski definition) is 5. The van der Waals surface area contributed by atoms with Crippen molar-refractivity contribution in [1.82, 2.24) is 25.5 Å². The van der Waals surface area contributed by atoms with Gasteiger partial charge in [-0.2, -0.15) is 0 Å². The summed E-state index contributed by atoms with van der Waals surface area (Å²) in [6.45, 7) is 1.11. The molecule has 1 fully saturated rings. The molecule has 0 bridgehead atoms. The maximum Gasteiger partial charge on any atom is 0.242 e. The normalized spacial score (nSPS) is 17.7. The van der Waals surface area contributed by atoms with Crippen LogP contribution in [0.3, 0.4) is 0 Å². The maximum absolute atomic E-state index is 13.7. The summed E-state index contributed by atoms with van der Waals surface area (Å²) in [5, 5.41) is 13.4. The van der Waals surface area contributed by atoms with Crippen LogP contribution < -0.4 is 10.2 Å². The second-order valence-corrected chi connectivity index (χ2v) is 5.10. The third-order valence-electron chi connectivity index (χ3n) is 3.50. The molecule has 1 aliphatic rings. The van der Waals surface area contributed by atoms with Gasteiger partial charge in [0.25, 0.3) is 0 Å². The second kappa shape index (κ2) is 6.04. The summed E-state index contributed by atoms with van der Waals surface area (Å²) in [5.74, 6) is -1.41. The molecule has 1 aromatic heterocycles. The van der Waals surface area contributed by atoms with E-state index in [0.29, 0.717) is 25.2 Å². The molecule has 0 saturated carbocycles. The van der Waals surface area contributed by atoms with Gasteiger partial charge < -0.3 is 10.2 Å². The molecule has 0 spiro atoms. The summed E-state index contributed by atoms with van der Waals surface area (Å²) in [6, 6.07) is 3.41. The Bertz CT molecular complexity index is 663. The Balaban J connectivity index is 1.57. The van der Waals surface area contributed by atoms with Crippen molar-refractivity contribution >= 4 is 11.6 Å². The third kappa shape index (κ3) is 3.18. The zero-order valence-electron chi connectivity index (χ0n) is 11.6. The summed E-state index contributed by atoms with van der Waals surface area (Å²) in [4.78, 5) is 13.6. The van der Waals surface area contributed by atoms with E-state index in [1.54, 1.807) is 4.90 Å². The number of aromatic nitrogens is 4. The molecule has 1 N–H and O–H groups in total. The lowest BCUT2D eigenvalue weighted by Gasteiger charge is -2.19. The van der Waals surface area contributed by atoms with Gasteiger partial charge in [0, 0.05) is 25.2 Å². The van der Waals surface area contributed by atoms with Crippen LogP contribution in [0.1, 0.15) is 6.42 Å². The molecule has 2 heterocycles. The molecule has 0 aliphatic carbocycles. The molecule has 3 rings (SSSR count). The van der Waals surface area contributed by atoms with Gasteiger partial charge in [0.15, 0.2) is 0 Å². The lowest BCUT2D eigenvalue weighted by atomic mass is 10.2. The number of halogens is 2. The number of rotatable bonds is 4. The number of hydrogen-bond donors (Lipinski definition) is 1. The largest absolute Gasteiger partial charge is 0.367 e. The molecule has 1 aromatic carbocycles. The molecular weight excluding hydrogens is 294 g/mol. The molecule has 7 nitrogen and oxygen atoms in total. The van der Waals surface area contributed by atoms with Crippen LogP contribution >= 0.6 is 0 Å². The average Bonchev–Trinajstić information content (AvgIpc) is 3.10. The lowest BCUT2D eigenvalue weighted by molar-refractivity contribution is -0.122. The molecule has 22 heavy (non-hydrogen) atoms. The average molecular weight is 308 g/mol. The van der Waals surface area contributed by atoms with E-state index in [1.165, 1.54) is 23.1 Å². The van der Waals surface area contributed by atoms with E-state index < -0.39 is 11.6 Å². The predicted octanol–water partition coefficient (Wildman–Crippen LogP) is 0.346. The Labute approximate surface area is 124 Å². The predicted molar refractivity (Wildman–Crippen MR) is 72.9 cm³/mol. The minimum Gasteiger partial charge on any atom is -0.367 e. The van der Waals surface area contributed by atoms with E-state index in [2.05, 4.69) is 20.8 Å². The Kier molecular flexibility index (Phi) is 3.94. The number of nitrogens with one attached hydrogen (secondary N) is 1. The molecule has 1 amide bonds. The van der Waals surface area contributed by atoms with E-state index in [9.17, 15) is 13.6 Å². The van der Waals surface area contributed by atoms with Crippen molar-refractivity contribution in [2.75, 3.05) is 18.0 Å². The lowest BCUT2D eigenvalue weighted by Crippen LogP contribution is -2.39. The second-order valence-electron chi connectivity index (χ2n) is 5.10. The standard InChI is InChI=1S/C13H14F2N6O/c14-9-1-2-12(11(15)5-9)20-4-3-10(6-20)17-13(22)7-21-8-16-18-19-21/h1-2,5,8,10H,3-4,6-7H2,(H,17,22)/t10-/m0/s1. The number of carbonyl (C=O) groups is 1. The summed E-state index contributed by atoms with van der Waals surface area (Å²) in [6.07, 6.45) is 2.05. The van der Waals surface area contributed by atoms with Gasteiger partial charge in [0.05, 0.1) is 5.69 Å². The molecule has 1 saturated heterocycles. The smallest absolute Gasteiger partial charge is 0.242 e. The summed E-state index contributed by atoms with van der Waals surface area (Å²) < 4.78 is 28.0. The third-order valence-corrected chi connectivity index (χ3v) is 3.50. The number of nitrogens with zero attached hydrogens (tertiary/aromatic N) is 5. The quantitative estimate of drug-likeness (QED) is 0.882. The van der Waals surface area contributed by atoms with Gasteiger partial charge >= 0.3 is 0 Å². The molecule has 2 aromatic rings. The first kappa shape index (κ1) is 14.4. The Morgan fingerprint density at radius 2 is 2.27 bits per heavy atom. The summed E-state index contributed by atoms with van der Waals surface area (Å²) >= 11 is 0. The van der Waals surface area contributed by atoms with Gasteiger partial charge in [0.2, 0.25) is 5.91 Å². The van der Waals surface area contributed by atoms with Gasteiger partial charge in [-0.05, 0) is 29.0 Å². The molecular formula is C13H14F2N6O. The van der Waals surface area contributed by atoms with Gasteiger partial charge in [-0.3, -0.25) is 4.79 Å². The van der Waals surface area contributed by atoms with Gasteiger partial charge in [-0.1, -0.05) is 0 Å². The minimum atomic E-state index is -0.605. The molecule has 9 heteroatoms. The SMILES string of the molecule is O=C(Cn1cnnn1)N[C@H]1CCN(c2ccc(F)cc2F)C1. The van der Waals surface area contributed by atoms with Gasteiger partial charge in [-0.25, -0.2) is 13.5 Å². The van der Waals surface area contributed by atoms with E-state index in [0.717, 1.165) is 6.07 Å². The van der Waals surface area contributed by atoms with Crippen molar-refractivity contribution < 1.29 is 13.6 Å². The van der Waals surface area contributed by atoms with Gasteiger partial charge in [0.1, 0.15) is 24.5 Å². The molecule has 116 valence electrons. The van der Waals surface area contributed by atoms with Crippen LogP contribution in [0.4, 0.5) is 14.5 Å². The van der Waals surface area contributed by atoms with Crippen molar-refractivity contribution in [2.24, 2.45) is 0 Å². The topological polar surface area (TPSA) is 75.9 Å². The van der Waals surface area contributed by atoms with Crippen LogP contribution in [0, 0.1) is 11.6 Å². The first-order valence-corrected chi connectivity index (χ1v) is 6.82. The highest BCUT2D eigenvalue weighted by Crippen LogP contribution is 2.24. The fraction of sp³-hybridized carbons (Fsp3) is 0.385. The fourth-order valence-electron chi connectivity index (χ4n) is 2.51. The van der Waals surface area contributed by atoms with Crippen LogP contribution in [0.5, 0.6) is 0 Å². The highest BCUT2D eigenvalue weighted by atomic mass is 19.1.